The van der Waals surface area contributed by atoms with Crippen LogP contribution in [0.4, 0.5) is 0 Å². The number of piperazine rings is 1. The summed E-state index contributed by atoms with van der Waals surface area (Å²) in [5, 5.41) is 4.00. The highest BCUT2D eigenvalue weighted by Crippen LogP contribution is 2.24. The fraction of sp³-hybridized carbons (Fsp3) is 0.407. The summed E-state index contributed by atoms with van der Waals surface area (Å²) in [6.07, 6.45) is 0.0737. The van der Waals surface area contributed by atoms with Crippen LogP contribution in [0.15, 0.2) is 53.1 Å². The third-order valence-corrected chi connectivity index (χ3v) is 6.39. The van der Waals surface area contributed by atoms with E-state index in [4.69, 9.17) is 4.52 Å². The number of carbonyl (C=O) groups excluding carboxylic acids is 2. The number of aryl methyl sites for hydroxylation is 1. The van der Waals surface area contributed by atoms with E-state index in [2.05, 4.69) is 30.9 Å². The molecule has 0 radical (unpaired) electrons. The van der Waals surface area contributed by atoms with E-state index in [1.54, 1.807) is 4.90 Å². The standard InChI is InChI=1S/C27H32N4O3/c1-18-8-6-7-9-22(18)25-28-23(29-34-25)16-24(32)30-14-15-31(19(2)17-30)26(33)20-10-12-21(13-11-20)27(3,4)5/h6-13,19H,14-17H2,1-5H3/t19-/m1/s1. The number of nitrogens with zero attached hydrogens (tertiary/aromatic N) is 4. The molecule has 0 aliphatic carbocycles. The van der Waals surface area contributed by atoms with Crippen molar-refractivity contribution in [2.75, 3.05) is 19.6 Å². The average molecular weight is 461 g/mol. The molecule has 0 N–H and O–H groups in total. The van der Waals surface area contributed by atoms with Gasteiger partial charge < -0.3 is 14.3 Å². The van der Waals surface area contributed by atoms with Crippen LogP contribution in [0, 0.1) is 6.92 Å². The first kappa shape index (κ1) is 23.7. The van der Waals surface area contributed by atoms with Crippen molar-refractivity contribution in [3.8, 4) is 11.5 Å². The molecule has 1 aliphatic heterocycles. The average Bonchev–Trinajstić information content (AvgIpc) is 3.26. The lowest BCUT2D eigenvalue weighted by molar-refractivity contribution is -0.133. The fourth-order valence-corrected chi connectivity index (χ4v) is 4.26. The summed E-state index contributed by atoms with van der Waals surface area (Å²) in [7, 11) is 0. The van der Waals surface area contributed by atoms with Crippen LogP contribution in [-0.2, 0) is 16.6 Å². The third-order valence-electron chi connectivity index (χ3n) is 6.39. The van der Waals surface area contributed by atoms with Crippen LogP contribution < -0.4 is 0 Å². The highest BCUT2D eigenvalue weighted by molar-refractivity contribution is 5.94. The second-order valence-corrected chi connectivity index (χ2v) is 10.0. The van der Waals surface area contributed by atoms with Gasteiger partial charge in [-0.2, -0.15) is 4.98 Å². The lowest BCUT2D eigenvalue weighted by Gasteiger charge is -2.40. The summed E-state index contributed by atoms with van der Waals surface area (Å²) in [6.45, 7) is 11.9. The lowest BCUT2D eigenvalue weighted by Crippen LogP contribution is -2.55. The van der Waals surface area contributed by atoms with E-state index < -0.39 is 0 Å². The van der Waals surface area contributed by atoms with Crippen molar-refractivity contribution in [1.82, 2.24) is 19.9 Å². The Morgan fingerprint density at radius 3 is 2.41 bits per heavy atom. The van der Waals surface area contributed by atoms with Gasteiger partial charge in [-0.25, -0.2) is 0 Å². The van der Waals surface area contributed by atoms with Gasteiger partial charge in [0.15, 0.2) is 5.82 Å². The summed E-state index contributed by atoms with van der Waals surface area (Å²) < 4.78 is 5.38. The van der Waals surface area contributed by atoms with Crippen molar-refractivity contribution in [1.29, 1.82) is 0 Å². The van der Waals surface area contributed by atoms with Crippen molar-refractivity contribution in [3.63, 3.8) is 0 Å². The number of hydrogen-bond donors (Lipinski definition) is 0. The molecule has 1 saturated heterocycles. The Morgan fingerprint density at radius 2 is 1.76 bits per heavy atom. The third kappa shape index (κ3) is 5.03. The molecule has 2 heterocycles. The van der Waals surface area contributed by atoms with E-state index in [9.17, 15) is 9.59 Å². The SMILES string of the molecule is Cc1ccccc1-c1nc(CC(=O)N2CCN(C(=O)c3ccc(C(C)(C)C)cc3)[C@H](C)C2)no1. The molecule has 1 aromatic heterocycles. The molecule has 7 heteroatoms. The number of hydrogen-bond acceptors (Lipinski definition) is 5. The normalized spacial score (nSPS) is 16.6. The fourth-order valence-electron chi connectivity index (χ4n) is 4.26. The predicted octanol–water partition coefficient (Wildman–Crippen LogP) is 4.26. The van der Waals surface area contributed by atoms with Gasteiger partial charge in [0, 0.05) is 36.8 Å². The first-order chi connectivity index (χ1) is 16.1. The van der Waals surface area contributed by atoms with Crippen LogP contribution >= 0.6 is 0 Å². The summed E-state index contributed by atoms with van der Waals surface area (Å²) in [5.74, 6) is 0.724. The zero-order valence-electron chi connectivity index (χ0n) is 20.5. The van der Waals surface area contributed by atoms with E-state index in [0.717, 1.165) is 11.1 Å². The maximum absolute atomic E-state index is 13.1. The van der Waals surface area contributed by atoms with Crippen molar-refractivity contribution >= 4 is 11.8 Å². The van der Waals surface area contributed by atoms with Crippen LogP contribution in [0.5, 0.6) is 0 Å². The van der Waals surface area contributed by atoms with Crippen LogP contribution in [0.1, 0.15) is 55.0 Å². The number of amides is 2. The maximum Gasteiger partial charge on any atom is 0.258 e. The largest absolute Gasteiger partial charge is 0.338 e. The summed E-state index contributed by atoms with van der Waals surface area (Å²) in [4.78, 5) is 34.0. The summed E-state index contributed by atoms with van der Waals surface area (Å²) in [6, 6.07) is 15.5. The van der Waals surface area contributed by atoms with Crippen LogP contribution in [0.25, 0.3) is 11.5 Å². The molecule has 7 nitrogen and oxygen atoms in total. The van der Waals surface area contributed by atoms with Gasteiger partial charge in [0.25, 0.3) is 11.8 Å². The van der Waals surface area contributed by atoms with E-state index >= 15 is 0 Å². The van der Waals surface area contributed by atoms with Crippen LogP contribution in [0.3, 0.4) is 0 Å². The van der Waals surface area contributed by atoms with Gasteiger partial charge in [-0.05, 0) is 48.6 Å². The highest BCUT2D eigenvalue weighted by atomic mass is 16.5. The molecular formula is C27H32N4O3. The van der Waals surface area contributed by atoms with Crippen molar-refractivity contribution < 1.29 is 14.1 Å². The Hall–Kier alpha value is -3.48. The summed E-state index contributed by atoms with van der Waals surface area (Å²) in [5.41, 5.74) is 3.81. The molecular weight excluding hydrogens is 428 g/mol. The molecule has 1 aliphatic rings. The Bertz CT molecular complexity index is 1180. The first-order valence-corrected chi connectivity index (χ1v) is 11.7. The molecule has 0 spiro atoms. The number of carbonyl (C=O) groups is 2. The van der Waals surface area contributed by atoms with E-state index in [0.29, 0.717) is 36.9 Å². The molecule has 1 atom stereocenters. The predicted molar refractivity (Wildman–Crippen MR) is 130 cm³/mol. The molecule has 0 unspecified atom stereocenters. The molecule has 2 aromatic carbocycles. The molecule has 34 heavy (non-hydrogen) atoms. The van der Waals surface area contributed by atoms with Crippen molar-refractivity contribution in [3.05, 3.63) is 71.0 Å². The number of rotatable bonds is 4. The Morgan fingerprint density at radius 1 is 1.06 bits per heavy atom. The second-order valence-electron chi connectivity index (χ2n) is 10.0. The monoisotopic (exact) mass is 460 g/mol. The van der Waals surface area contributed by atoms with Gasteiger partial charge in [-0.3, -0.25) is 9.59 Å². The minimum Gasteiger partial charge on any atom is -0.338 e. The molecule has 4 rings (SSSR count). The maximum atomic E-state index is 13.1. The Labute approximate surface area is 200 Å². The Kier molecular flexibility index (Phi) is 6.55. The molecule has 0 bridgehead atoms. The zero-order chi connectivity index (χ0) is 24.5. The molecule has 2 amide bonds. The smallest absolute Gasteiger partial charge is 0.258 e. The van der Waals surface area contributed by atoms with Crippen molar-refractivity contribution in [2.24, 2.45) is 0 Å². The van der Waals surface area contributed by atoms with E-state index in [1.807, 2.05) is 67.3 Å². The summed E-state index contributed by atoms with van der Waals surface area (Å²) >= 11 is 0. The first-order valence-electron chi connectivity index (χ1n) is 11.7. The van der Waals surface area contributed by atoms with Crippen LogP contribution in [-0.4, -0.2) is 57.4 Å². The molecule has 178 valence electrons. The number of aromatic nitrogens is 2. The lowest BCUT2D eigenvalue weighted by atomic mass is 9.86. The molecule has 0 saturated carbocycles. The minimum atomic E-state index is -0.0831. The van der Waals surface area contributed by atoms with Gasteiger partial charge in [0.05, 0.1) is 6.42 Å². The highest BCUT2D eigenvalue weighted by Gasteiger charge is 2.31. The topological polar surface area (TPSA) is 79.5 Å². The van der Waals surface area contributed by atoms with Gasteiger partial charge >= 0.3 is 0 Å². The van der Waals surface area contributed by atoms with Gasteiger partial charge in [0.1, 0.15) is 0 Å². The van der Waals surface area contributed by atoms with E-state index in [1.165, 1.54) is 5.56 Å². The molecule has 3 aromatic rings. The second kappa shape index (κ2) is 9.41. The minimum absolute atomic E-state index is 0.00102. The number of benzene rings is 2. The van der Waals surface area contributed by atoms with Crippen LogP contribution in [0.2, 0.25) is 0 Å². The Balaban J connectivity index is 1.36. The van der Waals surface area contributed by atoms with Gasteiger partial charge in [-0.15, -0.1) is 0 Å². The molecule has 1 fully saturated rings. The zero-order valence-corrected chi connectivity index (χ0v) is 20.5. The van der Waals surface area contributed by atoms with Gasteiger partial charge in [0.2, 0.25) is 5.91 Å². The van der Waals surface area contributed by atoms with E-state index in [-0.39, 0.29) is 29.7 Å². The van der Waals surface area contributed by atoms with Crippen molar-refractivity contribution in [2.45, 2.75) is 52.5 Å². The quantitative estimate of drug-likeness (QED) is 0.581. The van der Waals surface area contributed by atoms with Gasteiger partial charge in [-0.1, -0.05) is 56.3 Å².